The van der Waals surface area contributed by atoms with Crippen molar-refractivity contribution in [2.75, 3.05) is 19.7 Å². The monoisotopic (exact) mass is 381 g/mol. The maximum Gasteiger partial charge on any atom is 0.254 e. The van der Waals surface area contributed by atoms with Crippen molar-refractivity contribution in [1.82, 2.24) is 25.5 Å². The zero-order valence-electron chi connectivity index (χ0n) is 14.7. The van der Waals surface area contributed by atoms with Crippen molar-refractivity contribution < 1.29 is 9.53 Å². The fourth-order valence-corrected chi connectivity index (χ4v) is 5.28. The third-order valence-electron chi connectivity index (χ3n) is 5.51. The molecule has 1 fully saturated rings. The van der Waals surface area contributed by atoms with Crippen LogP contribution in [0.5, 0.6) is 0 Å². The largest absolute Gasteiger partial charge is 0.369 e. The second-order valence-corrected chi connectivity index (χ2v) is 7.86. The molecule has 1 saturated heterocycles. The van der Waals surface area contributed by atoms with E-state index in [2.05, 4.69) is 32.1 Å². The molecular weight excluding hydrogens is 362 g/mol. The third-order valence-corrected chi connectivity index (χ3v) is 6.65. The number of benzene rings is 1. The van der Waals surface area contributed by atoms with E-state index in [0.717, 1.165) is 25.9 Å². The number of thiophene rings is 1. The summed E-state index contributed by atoms with van der Waals surface area (Å²) in [7, 11) is 0. The highest BCUT2D eigenvalue weighted by Crippen LogP contribution is 2.44. The molecule has 0 radical (unpaired) electrons. The van der Waals surface area contributed by atoms with Gasteiger partial charge in [-0.2, -0.15) is 5.21 Å². The van der Waals surface area contributed by atoms with Crippen LogP contribution in [-0.4, -0.2) is 51.1 Å². The van der Waals surface area contributed by atoms with Crippen LogP contribution < -0.4 is 0 Å². The number of amides is 1. The van der Waals surface area contributed by atoms with Gasteiger partial charge in [0.05, 0.1) is 12.2 Å². The Balaban J connectivity index is 1.38. The van der Waals surface area contributed by atoms with Crippen molar-refractivity contribution in [1.29, 1.82) is 0 Å². The van der Waals surface area contributed by atoms with Gasteiger partial charge in [0, 0.05) is 23.5 Å². The van der Waals surface area contributed by atoms with E-state index in [9.17, 15) is 4.79 Å². The number of rotatable bonds is 2. The summed E-state index contributed by atoms with van der Waals surface area (Å²) >= 11 is 1.78. The molecule has 7 nitrogen and oxygen atoms in total. The number of aromatic amines is 1. The zero-order chi connectivity index (χ0) is 18.3. The van der Waals surface area contributed by atoms with E-state index in [0.29, 0.717) is 30.0 Å². The first-order valence-corrected chi connectivity index (χ1v) is 9.98. The van der Waals surface area contributed by atoms with Crippen LogP contribution in [0.1, 0.15) is 33.6 Å². The minimum atomic E-state index is -0.217. The second kappa shape index (κ2) is 6.54. The van der Waals surface area contributed by atoms with Gasteiger partial charge in [0.15, 0.2) is 0 Å². The van der Waals surface area contributed by atoms with Crippen molar-refractivity contribution in [3.05, 3.63) is 51.7 Å². The lowest BCUT2D eigenvalue weighted by molar-refractivity contribution is -0.0906. The minimum Gasteiger partial charge on any atom is -0.369 e. The van der Waals surface area contributed by atoms with Crippen LogP contribution >= 0.6 is 11.3 Å². The number of fused-ring (bicyclic) bond motifs is 2. The van der Waals surface area contributed by atoms with E-state index in [1.165, 1.54) is 10.4 Å². The summed E-state index contributed by atoms with van der Waals surface area (Å²) in [5, 5.41) is 16.3. The average molecular weight is 381 g/mol. The van der Waals surface area contributed by atoms with Gasteiger partial charge in [-0.05, 0) is 47.6 Å². The summed E-state index contributed by atoms with van der Waals surface area (Å²) in [5.41, 5.74) is 2.50. The lowest BCUT2D eigenvalue weighted by atomic mass is 9.85. The number of carbonyl (C=O) groups is 1. The maximum atomic E-state index is 13.2. The van der Waals surface area contributed by atoms with Crippen LogP contribution in [-0.2, 0) is 16.8 Å². The summed E-state index contributed by atoms with van der Waals surface area (Å²) in [6, 6.07) is 9.63. The van der Waals surface area contributed by atoms with Gasteiger partial charge in [0.2, 0.25) is 5.82 Å². The molecule has 3 aromatic rings. The SMILES string of the molecule is O=C(c1ccccc1-c1nn[nH]n1)N1CCC2(CC1)OCCc1ccsc12. The number of ether oxygens (including phenoxy) is 1. The van der Waals surface area contributed by atoms with Crippen LogP contribution in [0.2, 0.25) is 0 Å². The number of hydrogen-bond acceptors (Lipinski definition) is 6. The molecule has 138 valence electrons. The van der Waals surface area contributed by atoms with Crippen LogP contribution in [0.25, 0.3) is 11.4 Å². The molecule has 8 heteroatoms. The van der Waals surface area contributed by atoms with Crippen LogP contribution in [0.15, 0.2) is 35.7 Å². The fraction of sp³-hybridized carbons (Fsp3) is 0.368. The number of aromatic nitrogens is 4. The highest BCUT2D eigenvalue weighted by atomic mass is 32.1. The summed E-state index contributed by atoms with van der Waals surface area (Å²) in [4.78, 5) is 16.5. The van der Waals surface area contributed by atoms with Gasteiger partial charge in [0.1, 0.15) is 5.60 Å². The molecule has 2 aliphatic rings. The van der Waals surface area contributed by atoms with E-state index in [4.69, 9.17) is 4.74 Å². The molecule has 2 aliphatic heterocycles. The number of piperidine rings is 1. The molecule has 4 heterocycles. The van der Waals surface area contributed by atoms with Gasteiger partial charge < -0.3 is 9.64 Å². The summed E-state index contributed by atoms with van der Waals surface area (Å²) in [6.07, 6.45) is 2.65. The standard InChI is InChI=1S/C19H19N5O2S/c25-18(15-4-2-1-3-14(15)17-20-22-23-21-17)24-9-7-19(8-10-24)16-13(5-11-26-19)6-12-27-16/h1-4,6,12H,5,7-11H2,(H,20,21,22,23). The number of likely N-dealkylation sites (tertiary alicyclic amines) is 1. The quantitative estimate of drug-likeness (QED) is 0.738. The normalized spacial score (nSPS) is 18.4. The zero-order valence-corrected chi connectivity index (χ0v) is 15.5. The van der Waals surface area contributed by atoms with E-state index in [1.807, 2.05) is 29.2 Å². The average Bonchev–Trinajstić information content (AvgIpc) is 3.41. The number of nitrogens with zero attached hydrogens (tertiary/aromatic N) is 4. The summed E-state index contributed by atoms with van der Waals surface area (Å²) < 4.78 is 6.25. The first-order chi connectivity index (χ1) is 13.3. The first kappa shape index (κ1) is 16.6. The van der Waals surface area contributed by atoms with Crippen molar-refractivity contribution in [3.63, 3.8) is 0 Å². The topological polar surface area (TPSA) is 84.0 Å². The Labute approximate surface area is 160 Å². The molecule has 0 saturated carbocycles. The second-order valence-electron chi connectivity index (χ2n) is 6.94. The van der Waals surface area contributed by atoms with Crippen LogP contribution in [0.3, 0.4) is 0 Å². The molecule has 1 amide bonds. The Kier molecular flexibility index (Phi) is 4.02. The molecule has 0 atom stereocenters. The Hall–Kier alpha value is -2.58. The molecule has 0 unspecified atom stereocenters. The van der Waals surface area contributed by atoms with E-state index in [1.54, 1.807) is 11.3 Å². The number of tetrazole rings is 1. The van der Waals surface area contributed by atoms with Gasteiger partial charge in [-0.15, -0.1) is 21.5 Å². The number of carbonyl (C=O) groups excluding carboxylic acids is 1. The smallest absolute Gasteiger partial charge is 0.254 e. The molecule has 0 bridgehead atoms. The van der Waals surface area contributed by atoms with Crippen LogP contribution in [0.4, 0.5) is 0 Å². The number of H-pyrrole nitrogens is 1. The number of hydrogen-bond donors (Lipinski definition) is 1. The lowest BCUT2D eigenvalue weighted by Gasteiger charge is -2.43. The van der Waals surface area contributed by atoms with E-state index < -0.39 is 0 Å². The predicted molar refractivity (Wildman–Crippen MR) is 100 cm³/mol. The minimum absolute atomic E-state index is 0.00691. The highest BCUT2D eigenvalue weighted by molar-refractivity contribution is 7.10. The Morgan fingerprint density at radius 1 is 1.22 bits per heavy atom. The van der Waals surface area contributed by atoms with Gasteiger partial charge in [-0.25, -0.2) is 0 Å². The van der Waals surface area contributed by atoms with E-state index >= 15 is 0 Å². The number of nitrogens with one attached hydrogen (secondary N) is 1. The summed E-state index contributed by atoms with van der Waals surface area (Å²) in [6.45, 7) is 2.12. The van der Waals surface area contributed by atoms with Gasteiger partial charge in [-0.3, -0.25) is 4.79 Å². The van der Waals surface area contributed by atoms with Crippen molar-refractivity contribution in [2.45, 2.75) is 24.9 Å². The lowest BCUT2D eigenvalue weighted by Crippen LogP contribution is -2.48. The fourth-order valence-electron chi connectivity index (χ4n) is 4.11. The van der Waals surface area contributed by atoms with Gasteiger partial charge >= 0.3 is 0 Å². The molecule has 1 aromatic carbocycles. The predicted octanol–water partition coefficient (Wildman–Crippen LogP) is 2.63. The van der Waals surface area contributed by atoms with Crippen molar-refractivity contribution in [3.8, 4) is 11.4 Å². The van der Waals surface area contributed by atoms with E-state index in [-0.39, 0.29) is 11.5 Å². The molecule has 27 heavy (non-hydrogen) atoms. The van der Waals surface area contributed by atoms with Crippen molar-refractivity contribution >= 4 is 17.2 Å². The molecule has 2 aromatic heterocycles. The molecule has 1 spiro atoms. The molecular formula is C19H19N5O2S. The third kappa shape index (κ3) is 2.76. The molecule has 5 rings (SSSR count). The Morgan fingerprint density at radius 3 is 2.89 bits per heavy atom. The summed E-state index contributed by atoms with van der Waals surface area (Å²) in [5.74, 6) is 0.443. The Morgan fingerprint density at radius 2 is 2.07 bits per heavy atom. The maximum absolute atomic E-state index is 13.2. The highest BCUT2D eigenvalue weighted by Gasteiger charge is 2.42. The van der Waals surface area contributed by atoms with Crippen LogP contribution in [0, 0.1) is 0 Å². The van der Waals surface area contributed by atoms with Gasteiger partial charge in [-0.1, -0.05) is 18.2 Å². The first-order valence-electron chi connectivity index (χ1n) is 9.10. The van der Waals surface area contributed by atoms with Crippen molar-refractivity contribution in [2.24, 2.45) is 0 Å². The molecule has 0 aliphatic carbocycles. The Bertz CT molecular complexity index is 960. The molecule has 1 N–H and O–H groups in total. The van der Waals surface area contributed by atoms with Gasteiger partial charge in [0.25, 0.3) is 5.91 Å².